The van der Waals surface area contributed by atoms with Crippen LogP contribution in [0.4, 0.5) is 5.69 Å². The quantitative estimate of drug-likeness (QED) is 0.356. The summed E-state index contributed by atoms with van der Waals surface area (Å²) in [6, 6.07) is 12.3. The predicted molar refractivity (Wildman–Crippen MR) is 148 cm³/mol. The monoisotopic (exact) mass is 558 g/mol. The Morgan fingerprint density at radius 3 is 2.59 bits per heavy atom. The van der Waals surface area contributed by atoms with Crippen molar-refractivity contribution in [3.63, 3.8) is 0 Å². The number of aromatic nitrogens is 3. The van der Waals surface area contributed by atoms with Gasteiger partial charge >= 0.3 is 11.4 Å². The van der Waals surface area contributed by atoms with E-state index in [-0.39, 0.29) is 31.1 Å². The average Bonchev–Trinajstić information content (AvgIpc) is 2.92. The summed E-state index contributed by atoms with van der Waals surface area (Å²) in [5.41, 5.74) is 0.400. The summed E-state index contributed by atoms with van der Waals surface area (Å²) >= 11 is 6.05. The number of ether oxygens (including phenoxy) is 4. The second-order valence-electron chi connectivity index (χ2n) is 9.53. The molecule has 0 saturated carbocycles. The fraction of sp³-hybridized carbons (Fsp3) is 0.464. The molecule has 1 N–H and O–H groups in total. The van der Waals surface area contributed by atoms with Gasteiger partial charge in [-0.25, -0.2) is 19.1 Å². The van der Waals surface area contributed by atoms with E-state index in [1.54, 1.807) is 37.4 Å². The summed E-state index contributed by atoms with van der Waals surface area (Å²) in [6.45, 7) is 5.30. The van der Waals surface area contributed by atoms with Gasteiger partial charge in [0, 0.05) is 24.2 Å². The maximum atomic E-state index is 13.6. The topological polar surface area (TPSA) is 109 Å². The third-order valence-corrected chi connectivity index (χ3v) is 6.40. The maximum Gasteiger partial charge on any atom is 0.335 e. The van der Waals surface area contributed by atoms with Crippen LogP contribution in [-0.2, 0) is 22.6 Å². The van der Waals surface area contributed by atoms with Crippen LogP contribution in [-0.4, -0.2) is 46.8 Å². The van der Waals surface area contributed by atoms with Crippen LogP contribution in [0.25, 0.3) is 0 Å². The molecule has 1 fully saturated rings. The Labute approximate surface area is 231 Å². The molecule has 39 heavy (non-hydrogen) atoms. The zero-order valence-electron chi connectivity index (χ0n) is 22.5. The molecule has 0 radical (unpaired) electrons. The zero-order valence-corrected chi connectivity index (χ0v) is 23.3. The summed E-state index contributed by atoms with van der Waals surface area (Å²) in [5, 5.41) is 0.588. The lowest BCUT2D eigenvalue weighted by atomic mass is 10.2. The summed E-state index contributed by atoms with van der Waals surface area (Å²) in [6.07, 6.45) is 3.19. The summed E-state index contributed by atoms with van der Waals surface area (Å²) in [4.78, 5) is 34.0. The molecule has 1 atom stereocenters. The predicted octanol–water partition coefficient (Wildman–Crippen LogP) is 4.00. The van der Waals surface area contributed by atoms with Crippen LogP contribution in [0.5, 0.6) is 11.5 Å². The zero-order chi connectivity index (χ0) is 27.8. The fourth-order valence-corrected chi connectivity index (χ4v) is 4.36. The number of aromatic amines is 1. The minimum Gasteiger partial charge on any atom is -0.493 e. The number of methoxy groups -OCH3 is 1. The molecule has 2 heterocycles. The van der Waals surface area contributed by atoms with E-state index < -0.39 is 11.4 Å². The molecule has 4 rings (SSSR count). The second-order valence-corrected chi connectivity index (χ2v) is 9.97. The molecule has 3 aromatic rings. The Bertz CT molecular complexity index is 1420. The van der Waals surface area contributed by atoms with E-state index >= 15 is 0 Å². The van der Waals surface area contributed by atoms with Crippen LogP contribution < -0.4 is 26.5 Å². The molecule has 10 nitrogen and oxygen atoms in total. The highest BCUT2D eigenvalue weighted by molar-refractivity contribution is 6.30. The first-order valence-electron chi connectivity index (χ1n) is 13.1. The Balaban J connectivity index is 1.66. The lowest BCUT2D eigenvalue weighted by Crippen LogP contribution is -2.50. The van der Waals surface area contributed by atoms with Gasteiger partial charge in [-0.05, 0) is 69.4 Å². The highest BCUT2D eigenvalue weighted by atomic mass is 35.5. The van der Waals surface area contributed by atoms with E-state index in [4.69, 9.17) is 30.5 Å². The van der Waals surface area contributed by atoms with Crippen LogP contribution in [0.15, 0.2) is 57.0 Å². The molecule has 1 aromatic heterocycles. The third kappa shape index (κ3) is 7.84. The van der Waals surface area contributed by atoms with E-state index in [0.29, 0.717) is 41.8 Å². The van der Waals surface area contributed by atoms with Crippen molar-refractivity contribution in [2.75, 3.05) is 20.3 Å². The lowest BCUT2D eigenvalue weighted by molar-refractivity contribution is -0.163. The Hall–Kier alpha value is -3.34. The van der Waals surface area contributed by atoms with Crippen molar-refractivity contribution in [3.8, 4) is 11.5 Å². The highest BCUT2D eigenvalue weighted by Gasteiger charge is 2.15. The smallest absolute Gasteiger partial charge is 0.335 e. The Kier molecular flexibility index (Phi) is 10.0. The van der Waals surface area contributed by atoms with Crippen LogP contribution in [0.1, 0.15) is 45.1 Å². The van der Waals surface area contributed by atoms with Gasteiger partial charge in [0.15, 0.2) is 17.8 Å². The first-order valence-corrected chi connectivity index (χ1v) is 13.5. The van der Waals surface area contributed by atoms with Gasteiger partial charge in [-0.1, -0.05) is 23.7 Å². The van der Waals surface area contributed by atoms with E-state index in [9.17, 15) is 9.59 Å². The lowest BCUT2D eigenvalue weighted by Gasteiger charge is -2.22. The van der Waals surface area contributed by atoms with Crippen LogP contribution in [0, 0.1) is 0 Å². The number of H-pyrrole nitrogens is 1. The standard InChI is InChI=1S/C28H35ClN4O6/c1-19(2)39-23-13-12-22(17-24(23)36-3)30-26-31-27(34)32(14-6-16-38-25-7-4-5-15-37-25)28(35)33(26)18-20-8-10-21(29)11-9-20/h8-13,17,19,25H,4-7,14-16,18H2,1-3H3,(H,30,31,34). The minimum absolute atomic E-state index is 0.0345. The van der Waals surface area contributed by atoms with Crippen LogP contribution >= 0.6 is 11.6 Å². The summed E-state index contributed by atoms with van der Waals surface area (Å²) in [7, 11) is 1.54. The second kappa shape index (κ2) is 13.6. The molecule has 1 aliphatic heterocycles. The van der Waals surface area contributed by atoms with E-state index in [1.807, 2.05) is 26.0 Å². The van der Waals surface area contributed by atoms with E-state index in [1.165, 1.54) is 9.13 Å². The van der Waals surface area contributed by atoms with E-state index in [2.05, 4.69) is 9.98 Å². The highest BCUT2D eigenvalue weighted by Crippen LogP contribution is 2.31. The summed E-state index contributed by atoms with van der Waals surface area (Å²) in [5.74, 6) is 1.07. The number of halogens is 1. The molecule has 1 aliphatic rings. The van der Waals surface area contributed by atoms with Gasteiger partial charge in [-0.3, -0.25) is 9.55 Å². The van der Waals surface area contributed by atoms with Gasteiger partial charge in [0.05, 0.1) is 32.1 Å². The number of nitrogens with one attached hydrogen (secondary N) is 1. The number of hydrogen-bond donors (Lipinski definition) is 1. The fourth-order valence-electron chi connectivity index (χ4n) is 4.23. The van der Waals surface area contributed by atoms with Gasteiger partial charge in [0.2, 0.25) is 5.62 Å². The molecule has 1 saturated heterocycles. The number of benzene rings is 2. The molecular formula is C28H35ClN4O6. The maximum absolute atomic E-state index is 13.6. The van der Waals surface area contributed by atoms with Crippen molar-refractivity contribution in [2.24, 2.45) is 4.99 Å². The molecule has 0 bridgehead atoms. The van der Waals surface area contributed by atoms with Crippen molar-refractivity contribution < 1.29 is 18.9 Å². The largest absolute Gasteiger partial charge is 0.493 e. The van der Waals surface area contributed by atoms with Crippen molar-refractivity contribution in [1.82, 2.24) is 14.1 Å². The molecule has 2 aromatic carbocycles. The Morgan fingerprint density at radius 1 is 1.10 bits per heavy atom. The van der Waals surface area contributed by atoms with Crippen LogP contribution in [0.2, 0.25) is 5.02 Å². The van der Waals surface area contributed by atoms with Gasteiger partial charge in [0.1, 0.15) is 0 Å². The van der Waals surface area contributed by atoms with E-state index in [0.717, 1.165) is 24.8 Å². The molecular weight excluding hydrogens is 524 g/mol. The van der Waals surface area contributed by atoms with Gasteiger partial charge in [0.25, 0.3) is 0 Å². The molecule has 1 unspecified atom stereocenters. The molecule has 0 spiro atoms. The average molecular weight is 559 g/mol. The molecule has 11 heteroatoms. The van der Waals surface area contributed by atoms with Gasteiger partial charge < -0.3 is 18.9 Å². The van der Waals surface area contributed by atoms with Crippen molar-refractivity contribution >= 4 is 17.3 Å². The Morgan fingerprint density at radius 2 is 1.90 bits per heavy atom. The number of hydrogen-bond acceptors (Lipinski definition) is 7. The molecule has 0 amide bonds. The van der Waals surface area contributed by atoms with Crippen molar-refractivity contribution in [1.29, 1.82) is 0 Å². The molecule has 210 valence electrons. The first-order chi connectivity index (χ1) is 18.8. The van der Waals surface area contributed by atoms with Crippen LogP contribution in [0.3, 0.4) is 0 Å². The van der Waals surface area contributed by atoms with Gasteiger partial charge in [-0.15, -0.1) is 0 Å². The third-order valence-electron chi connectivity index (χ3n) is 6.15. The van der Waals surface area contributed by atoms with Crippen molar-refractivity contribution in [3.05, 3.63) is 79.6 Å². The van der Waals surface area contributed by atoms with Gasteiger partial charge in [-0.2, -0.15) is 0 Å². The first kappa shape index (κ1) is 28.7. The number of rotatable bonds is 11. The normalized spacial score (nSPS) is 16.0. The minimum atomic E-state index is -0.549. The van der Waals surface area contributed by atoms with Crippen molar-refractivity contribution in [2.45, 2.75) is 65.0 Å². The SMILES string of the molecule is COc1cc(/N=c2\[nH]c(=O)n(CCCOC3CCCCO3)c(=O)n2Cc2ccc(Cl)cc2)ccc1OC(C)C. The summed E-state index contributed by atoms with van der Waals surface area (Å²) < 4.78 is 25.2. The molecule has 0 aliphatic carbocycles. The number of nitrogens with zero attached hydrogens (tertiary/aromatic N) is 3.